The second kappa shape index (κ2) is 7.90. The second-order valence-electron chi connectivity index (χ2n) is 5.98. The highest BCUT2D eigenvalue weighted by molar-refractivity contribution is 5.22. The normalized spacial score (nSPS) is 22.8. The zero-order valence-corrected chi connectivity index (χ0v) is 12.5. The summed E-state index contributed by atoms with van der Waals surface area (Å²) in [6, 6.07) is 11.2. The molecule has 20 heavy (non-hydrogen) atoms. The monoisotopic (exact) mass is 267 g/mol. The van der Waals surface area contributed by atoms with Crippen molar-refractivity contribution in [3.63, 3.8) is 0 Å². The van der Waals surface area contributed by atoms with Crippen LogP contribution in [0.4, 0.5) is 0 Å². The summed E-state index contributed by atoms with van der Waals surface area (Å²) >= 11 is 0. The Balaban J connectivity index is 1.73. The first-order chi connectivity index (χ1) is 9.81. The molecule has 0 radical (unpaired) electrons. The van der Waals surface area contributed by atoms with Crippen LogP contribution in [0.5, 0.6) is 0 Å². The van der Waals surface area contributed by atoms with Gasteiger partial charge in [0.25, 0.3) is 0 Å². The van der Waals surface area contributed by atoms with Gasteiger partial charge in [-0.3, -0.25) is 0 Å². The zero-order chi connectivity index (χ0) is 14.2. The Bertz CT molecular complexity index is 456. The molecule has 106 valence electrons. The van der Waals surface area contributed by atoms with Crippen molar-refractivity contribution < 1.29 is 0 Å². The summed E-state index contributed by atoms with van der Waals surface area (Å²) in [5.41, 5.74) is 2.91. The number of hydrogen-bond donors (Lipinski definition) is 0. The molecular weight excluding hydrogens is 242 g/mol. The van der Waals surface area contributed by atoms with Gasteiger partial charge in [-0.05, 0) is 67.9 Å². The Morgan fingerprint density at radius 1 is 1.10 bits per heavy atom. The van der Waals surface area contributed by atoms with Crippen LogP contribution in [-0.4, -0.2) is 0 Å². The average molecular weight is 267 g/mol. The lowest BCUT2D eigenvalue weighted by molar-refractivity contribution is 0.296. The molecule has 1 aromatic carbocycles. The van der Waals surface area contributed by atoms with Gasteiger partial charge < -0.3 is 0 Å². The first kappa shape index (κ1) is 14.9. The maximum Gasteiger partial charge on any atom is 0.0908 e. The van der Waals surface area contributed by atoms with E-state index in [0.29, 0.717) is 5.92 Å². The van der Waals surface area contributed by atoms with Crippen LogP contribution < -0.4 is 0 Å². The summed E-state index contributed by atoms with van der Waals surface area (Å²) in [6.45, 7) is 2.20. The Labute approximate surface area is 123 Å². The van der Waals surface area contributed by atoms with Crippen LogP contribution in [0, 0.1) is 23.2 Å². The summed E-state index contributed by atoms with van der Waals surface area (Å²) in [5, 5.41) is 8.56. The number of hydrogen-bond acceptors (Lipinski definition) is 1. The van der Waals surface area contributed by atoms with Crippen LogP contribution in [0.1, 0.15) is 50.2 Å². The summed E-state index contributed by atoms with van der Waals surface area (Å²) < 4.78 is 0. The molecule has 1 aliphatic rings. The third-order valence-electron chi connectivity index (χ3n) is 4.61. The fourth-order valence-electron chi connectivity index (χ4n) is 3.16. The highest BCUT2D eigenvalue weighted by Crippen LogP contribution is 2.32. The first-order valence-electron chi connectivity index (χ1n) is 7.96. The Kier molecular flexibility index (Phi) is 5.87. The molecular formula is C19H25N. The van der Waals surface area contributed by atoms with Gasteiger partial charge in [-0.2, -0.15) is 5.26 Å². The number of nitriles is 1. The lowest BCUT2D eigenvalue weighted by Crippen LogP contribution is -2.13. The highest BCUT2D eigenvalue weighted by atomic mass is 14.3. The van der Waals surface area contributed by atoms with Crippen molar-refractivity contribution in [1.29, 1.82) is 5.26 Å². The summed E-state index contributed by atoms with van der Waals surface area (Å²) in [7, 11) is 0. The van der Waals surface area contributed by atoms with Gasteiger partial charge in [0.1, 0.15) is 0 Å². The molecule has 0 amide bonds. The molecule has 0 saturated heterocycles. The van der Waals surface area contributed by atoms with Gasteiger partial charge in [0.15, 0.2) is 0 Å². The molecule has 1 aromatic rings. The molecule has 0 aliphatic heterocycles. The maximum absolute atomic E-state index is 8.56. The van der Waals surface area contributed by atoms with Gasteiger partial charge in [0, 0.05) is 6.08 Å². The largest absolute Gasteiger partial charge is 0.193 e. The molecule has 2 rings (SSSR count). The van der Waals surface area contributed by atoms with E-state index in [2.05, 4.69) is 43.3 Å². The SMILES string of the molecule is CCc1ccc(CC[C@H]2CC[C@H](/C=C/C#N)CC2)cc1. The molecule has 0 atom stereocenters. The number of allylic oxidation sites excluding steroid dienone is 2. The van der Waals surface area contributed by atoms with Crippen LogP contribution in [-0.2, 0) is 12.8 Å². The maximum atomic E-state index is 8.56. The number of benzene rings is 1. The lowest BCUT2D eigenvalue weighted by atomic mass is 9.79. The third-order valence-corrected chi connectivity index (χ3v) is 4.61. The standard InChI is InChI=1S/C19H25N/c1-2-16-5-7-18(8-6-16)13-14-19-11-9-17(10-12-19)4-3-15-20/h3-8,17,19H,2,9-14H2,1H3/b4-3+/t17-,19-. The minimum absolute atomic E-state index is 0.648. The van der Waals surface area contributed by atoms with E-state index in [1.54, 1.807) is 6.08 Å². The van der Waals surface area contributed by atoms with Gasteiger partial charge in [-0.15, -0.1) is 0 Å². The van der Waals surface area contributed by atoms with Gasteiger partial charge in [0.2, 0.25) is 0 Å². The fourth-order valence-corrected chi connectivity index (χ4v) is 3.16. The number of nitrogens with zero attached hydrogens (tertiary/aromatic N) is 1. The van der Waals surface area contributed by atoms with Crippen LogP contribution in [0.25, 0.3) is 0 Å². The van der Waals surface area contributed by atoms with E-state index in [9.17, 15) is 0 Å². The first-order valence-corrected chi connectivity index (χ1v) is 7.96. The van der Waals surface area contributed by atoms with Crippen molar-refractivity contribution in [2.75, 3.05) is 0 Å². The van der Waals surface area contributed by atoms with Crippen molar-refractivity contribution in [2.24, 2.45) is 11.8 Å². The quantitative estimate of drug-likeness (QED) is 0.683. The molecule has 1 heteroatoms. The van der Waals surface area contributed by atoms with E-state index in [4.69, 9.17) is 5.26 Å². The van der Waals surface area contributed by atoms with Crippen molar-refractivity contribution in [1.82, 2.24) is 0 Å². The number of rotatable bonds is 5. The molecule has 0 N–H and O–H groups in total. The van der Waals surface area contributed by atoms with E-state index in [1.807, 2.05) is 0 Å². The van der Waals surface area contributed by atoms with Crippen molar-refractivity contribution in [3.8, 4) is 6.07 Å². The van der Waals surface area contributed by atoms with Crippen molar-refractivity contribution in [2.45, 2.75) is 51.9 Å². The molecule has 1 aliphatic carbocycles. The van der Waals surface area contributed by atoms with Crippen LogP contribution in [0.2, 0.25) is 0 Å². The van der Waals surface area contributed by atoms with Crippen molar-refractivity contribution in [3.05, 3.63) is 47.5 Å². The molecule has 0 heterocycles. The predicted molar refractivity (Wildman–Crippen MR) is 84.3 cm³/mol. The van der Waals surface area contributed by atoms with E-state index in [0.717, 1.165) is 12.3 Å². The minimum Gasteiger partial charge on any atom is -0.193 e. The summed E-state index contributed by atoms with van der Waals surface area (Å²) in [5.74, 6) is 1.53. The summed E-state index contributed by atoms with van der Waals surface area (Å²) in [4.78, 5) is 0. The van der Waals surface area contributed by atoms with Gasteiger partial charge >= 0.3 is 0 Å². The Hall–Kier alpha value is -1.55. The lowest BCUT2D eigenvalue weighted by Gasteiger charge is -2.26. The topological polar surface area (TPSA) is 23.8 Å². The average Bonchev–Trinajstić information content (AvgIpc) is 2.52. The van der Waals surface area contributed by atoms with Gasteiger partial charge in [-0.1, -0.05) is 37.3 Å². The second-order valence-corrected chi connectivity index (χ2v) is 5.98. The third kappa shape index (κ3) is 4.53. The Morgan fingerprint density at radius 2 is 1.75 bits per heavy atom. The van der Waals surface area contributed by atoms with Gasteiger partial charge in [0.05, 0.1) is 6.07 Å². The number of aryl methyl sites for hydroxylation is 2. The van der Waals surface area contributed by atoms with E-state index in [-0.39, 0.29) is 0 Å². The predicted octanol–water partition coefficient (Wildman–Crippen LogP) is 5.07. The molecule has 1 fully saturated rings. The minimum atomic E-state index is 0.648. The Morgan fingerprint density at radius 3 is 2.35 bits per heavy atom. The van der Waals surface area contributed by atoms with E-state index < -0.39 is 0 Å². The fraction of sp³-hybridized carbons (Fsp3) is 0.526. The molecule has 1 nitrogen and oxygen atoms in total. The molecule has 1 saturated carbocycles. The smallest absolute Gasteiger partial charge is 0.0908 e. The summed E-state index contributed by atoms with van der Waals surface area (Å²) in [6.07, 6.45) is 12.6. The molecule has 0 aromatic heterocycles. The van der Waals surface area contributed by atoms with E-state index >= 15 is 0 Å². The van der Waals surface area contributed by atoms with Crippen molar-refractivity contribution >= 4 is 0 Å². The molecule has 0 unspecified atom stereocenters. The zero-order valence-electron chi connectivity index (χ0n) is 12.5. The van der Waals surface area contributed by atoms with E-state index in [1.165, 1.54) is 49.7 Å². The van der Waals surface area contributed by atoms with Crippen LogP contribution in [0.15, 0.2) is 36.4 Å². The van der Waals surface area contributed by atoms with Crippen LogP contribution in [0.3, 0.4) is 0 Å². The molecule has 0 bridgehead atoms. The highest BCUT2D eigenvalue weighted by Gasteiger charge is 2.19. The molecule has 0 spiro atoms. The van der Waals surface area contributed by atoms with Crippen LogP contribution >= 0.6 is 0 Å². The van der Waals surface area contributed by atoms with Gasteiger partial charge in [-0.25, -0.2) is 0 Å².